The number of nitrogens with one attached hydrogen (secondary N) is 2. The molecule has 1 aromatic heterocycles. The van der Waals surface area contributed by atoms with E-state index in [1.807, 2.05) is 5.10 Å². The van der Waals surface area contributed by atoms with Crippen LogP contribution >= 0.6 is 0 Å². The van der Waals surface area contributed by atoms with Gasteiger partial charge >= 0.3 is 6.18 Å². The van der Waals surface area contributed by atoms with Gasteiger partial charge in [0.1, 0.15) is 5.69 Å². The molecule has 6 nitrogen and oxygen atoms in total. The Bertz CT molecular complexity index is 546. The minimum atomic E-state index is -4.53. The van der Waals surface area contributed by atoms with Crippen molar-refractivity contribution in [1.29, 1.82) is 0 Å². The summed E-state index contributed by atoms with van der Waals surface area (Å²) in [4.78, 5) is 15.4. The fourth-order valence-electron chi connectivity index (χ4n) is 2.51. The van der Waals surface area contributed by atoms with Crippen LogP contribution in [-0.4, -0.2) is 22.1 Å². The molecule has 0 aliphatic heterocycles. The molecule has 1 aliphatic carbocycles. The minimum absolute atomic E-state index is 0.234. The predicted octanol–water partition coefficient (Wildman–Crippen LogP) is 2.46. The van der Waals surface area contributed by atoms with Crippen LogP contribution in [0.1, 0.15) is 44.2 Å². The molecular formula is C13H18F3N5O. The lowest BCUT2D eigenvalue weighted by atomic mass is 9.87. The van der Waals surface area contributed by atoms with Crippen molar-refractivity contribution in [3.63, 3.8) is 0 Å². The summed E-state index contributed by atoms with van der Waals surface area (Å²) in [5, 5.41) is 7.58. The lowest BCUT2D eigenvalue weighted by molar-refractivity contribution is -0.141. The van der Waals surface area contributed by atoms with Crippen LogP contribution in [0.15, 0.2) is 11.1 Å². The molecule has 22 heavy (non-hydrogen) atoms. The molecule has 4 N–H and O–H groups in total. The number of amides is 1. The topological polar surface area (TPSA) is 96.2 Å². The van der Waals surface area contributed by atoms with E-state index in [1.165, 1.54) is 6.42 Å². The van der Waals surface area contributed by atoms with E-state index < -0.39 is 11.9 Å². The summed E-state index contributed by atoms with van der Waals surface area (Å²) in [7, 11) is 0. The molecule has 0 aromatic carbocycles. The molecule has 0 unspecified atom stereocenters. The van der Waals surface area contributed by atoms with E-state index in [-0.39, 0.29) is 17.7 Å². The highest BCUT2D eigenvalue weighted by molar-refractivity contribution is 5.97. The maximum Gasteiger partial charge on any atom is 0.432 e. The normalized spacial score (nSPS) is 17.5. The average Bonchev–Trinajstić information content (AvgIpc) is 2.87. The highest BCUT2D eigenvalue weighted by atomic mass is 19.4. The summed E-state index contributed by atoms with van der Waals surface area (Å²) in [6, 6.07) is 0.722. The summed E-state index contributed by atoms with van der Waals surface area (Å²) in [5.41, 5.74) is 4.49. The zero-order valence-electron chi connectivity index (χ0n) is 11.9. The molecule has 1 saturated carbocycles. The number of aromatic nitrogens is 2. The summed E-state index contributed by atoms with van der Waals surface area (Å²) in [5.74, 6) is -0.438. The number of guanidine groups is 1. The van der Waals surface area contributed by atoms with Crippen molar-refractivity contribution in [3.05, 3.63) is 11.8 Å². The van der Waals surface area contributed by atoms with Crippen LogP contribution in [0.2, 0.25) is 0 Å². The SMILES string of the molecule is NC(=Nc1cc(C(F)(F)F)[nH]n1)NC(=O)CC1CCCCC1. The highest BCUT2D eigenvalue weighted by Crippen LogP contribution is 2.29. The second-order valence-corrected chi connectivity index (χ2v) is 5.39. The van der Waals surface area contributed by atoms with Crippen molar-refractivity contribution >= 4 is 17.7 Å². The van der Waals surface area contributed by atoms with Crippen LogP contribution in [0.4, 0.5) is 19.0 Å². The van der Waals surface area contributed by atoms with Crippen LogP contribution in [0, 0.1) is 5.92 Å². The van der Waals surface area contributed by atoms with E-state index in [0.717, 1.165) is 31.7 Å². The zero-order valence-corrected chi connectivity index (χ0v) is 11.9. The Morgan fingerprint density at radius 3 is 2.68 bits per heavy atom. The second kappa shape index (κ2) is 6.80. The number of rotatable bonds is 3. The third kappa shape index (κ3) is 4.74. The van der Waals surface area contributed by atoms with Crippen LogP contribution in [0.5, 0.6) is 0 Å². The van der Waals surface area contributed by atoms with Crippen molar-refractivity contribution in [2.45, 2.75) is 44.7 Å². The Morgan fingerprint density at radius 1 is 1.41 bits per heavy atom. The maximum absolute atomic E-state index is 12.4. The first-order valence-electron chi connectivity index (χ1n) is 7.11. The smallest absolute Gasteiger partial charge is 0.369 e. The van der Waals surface area contributed by atoms with Gasteiger partial charge in [-0.15, -0.1) is 0 Å². The van der Waals surface area contributed by atoms with Crippen LogP contribution < -0.4 is 11.1 Å². The number of hydrogen-bond acceptors (Lipinski definition) is 3. The first-order valence-corrected chi connectivity index (χ1v) is 7.11. The largest absolute Gasteiger partial charge is 0.432 e. The predicted molar refractivity (Wildman–Crippen MR) is 74.2 cm³/mol. The maximum atomic E-state index is 12.4. The van der Waals surface area contributed by atoms with Crippen LogP contribution in [0.25, 0.3) is 0 Å². The van der Waals surface area contributed by atoms with Gasteiger partial charge in [-0.05, 0) is 18.8 Å². The van der Waals surface area contributed by atoms with Crippen molar-refractivity contribution < 1.29 is 18.0 Å². The van der Waals surface area contributed by atoms with E-state index in [9.17, 15) is 18.0 Å². The van der Waals surface area contributed by atoms with Gasteiger partial charge in [0, 0.05) is 12.5 Å². The summed E-state index contributed by atoms with van der Waals surface area (Å²) in [6.07, 6.45) is 1.29. The third-order valence-corrected chi connectivity index (χ3v) is 3.57. The molecule has 2 rings (SSSR count). The number of aliphatic imine (C=N–C) groups is 1. The molecule has 122 valence electrons. The van der Waals surface area contributed by atoms with Gasteiger partial charge in [0.15, 0.2) is 5.82 Å². The van der Waals surface area contributed by atoms with Crippen molar-refractivity contribution in [1.82, 2.24) is 15.5 Å². The molecule has 0 saturated heterocycles. The number of carbonyl (C=O) groups excluding carboxylic acids is 1. The second-order valence-electron chi connectivity index (χ2n) is 5.39. The van der Waals surface area contributed by atoms with E-state index in [1.54, 1.807) is 0 Å². The Hall–Kier alpha value is -2.06. The summed E-state index contributed by atoms with van der Waals surface area (Å²) in [6.45, 7) is 0. The number of H-pyrrole nitrogens is 1. The van der Waals surface area contributed by atoms with Gasteiger partial charge in [-0.2, -0.15) is 23.3 Å². The van der Waals surface area contributed by atoms with Gasteiger partial charge < -0.3 is 5.73 Å². The minimum Gasteiger partial charge on any atom is -0.369 e. The monoisotopic (exact) mass is 317 g/mol. The molecule has 1 amide bonds. The summed E-state index contributed by atoms with van der Waals surface area (Å²) >= 11 is 0. The van der Waals surface area contributed by atoms with Gasteiger partial charge in [-0.1, -0.05) is 19.3 Å². The molecule has 0 bridgehead atoms. The number of carbonyl (C=O) groups is 1. The first-order chi connectivity index (χ1) is 10.3. The molecule has 0 atom stereocenters. The average molecular weight is 317 g/mol. The quantitative estimate of drug-likeness (QED) is 0.590. The highest BCUT2D eigenvalue weighted by Gasteiger charge is 2.33. The standard InChI is InChI=1S/C13H18F3N5O/c14-13(15,16)9-7-10(21-20-9)18-12(17)19-11(22)6-8-4-2-1-3-5-8/h7-8H,1-6H2,(H4,17,18,19,20,21,22). The third-order valence-electron chi connectivity index (χ3n) is 3.57. The Kier molecular flexibility index (Phi) is 5.04. The Balaban J connectivity index is 1.89. The van der Waals surface area contributed by atoms with Crippen LogP contribution in [-0.2, 0) is 11.0 Å². The van der Waals surface area contributed by atoms with Gasteiger partial charge in [0.25, 0.3) is 0 Å². The van der Waals surface area contributed by atoms with E-state index in [2.05, 4.69) is 15.4 Å². The molecule has 0 radical (unpaired) electrons. The number of nitrogens with two attached hydrogens (primary N) is 1. The summed E-state index contributed by atoms with van der Waals surface area (Å²) < 4.78 is 37.2. The van der Waals surface area contributed by atoms with Crippen molar-refractivity contribution in [2.24, 2.45) is 16.6 Å². The van der Waals surface area contributed by atoms with E-state index >= 15 is 0 Å². The molecule has 1 fully saturated rings. The number of nitrogens with zero attached hydrogens (tertiary/aromatic N) is 2. The molecule has 1 heterocycles. The fourth-order valence-corrected chi connectivity index (χ4v) is 2.51. The van der Waals surface area contributed by atoms with E-state index in [4.69, 9.17) is 5.73 Å². The van der Waals surface area contributed by atoms with Gasteiger partial charge in [0.05, 0.1) is 0 Å². The zero-order chi connectivity index (χ0) is 16.2. The molecule has 0 spiro atoms. The molecular weight excluding hydrogens is 299 g/mol. The van der Waals surface area contributed by atoms with Gasteiger partial charge in [-0.3, -0.25) is 15.2 Å². The Morgan fingerprint density at radius 2 is 2.09 bits per heavy atom. The number of alkyl halides is 3. The van der Waals surface area contributed by atoms with Gasteiger partial charge in [0.2, 0.25) is 11.9 Å². The molecule has 1 aromatic rings. The first kappa shape index (κ1) is 16.3. The van der Waals surface area contributed by atoms with Crippen LogP contribution in [0.3, 0.4) is 0 Å². The lowest BCUT2D eigenvalue weighted by Gasteiger charge is -2.20. The molecule has 9 heteroatoms. The number of halogens is 3. The number of hydrogen-bond donors (Lipinski definition) is 3. The Labute approximate surface area is 125 Å². The van der Waals surface area contributed by atoms with Crippen molar-refractivity contribution in [3.8, 4) is 0 Å². The fraction of sp³-hybridized carbons (Fsp3) is 0.615. The van der Waals surface area contributed by atoms with Crippen molar-refractivity contribution in [2.75, 3.05) is 0 Å². The van der Waals surface area contributed by atoms with Gasteiger partial charge in [-0.25, -0.2) is 0 Å². The van der Waals surface area contributed by atoms with E-state index in [0.29, 0.717) is 12.3 Å². The number of aromatic amines is 1. The lowest BCUT2D eigenvalue weighted by Crippen LogP contribution is -2.37. The molecule has 1 aliphatic rings.